The summed E-state index contributed by atoms with van der Waals surface area (Å²) in [5.41, 5.74) is 6.11. The molecule has 0 bridgehead atoms. The van der Waals surface area contributed by atoms with E-state index in [-0.39, 0.29) is 51.6 Å². The molecule has 1 unspecified atom stereocenters. The van der Waals surface area contributed by atoms with Crippen LogP contribution in [0.4, 0.5) is 0 Å². The number of amides is 12. The zero-order valence-electron chi connectivity index (χ0n) is 52.5. The molecule has 3 heterocycles. The van der Waals surface area contributed by atoms with Crippen LogP contribution in [0, 0.1) is 17.8 Å². The summed E-state index contributed by atoms with van der Waals surface area (Å²) in [5.74, 6) is -21.9. The molecule has 0 aromatic rings. The third-order valence-electron chi connectivity index (χ3n) is 15.8. The van der Waals surface area contributed by atoms with Gasteiger partial charge in [-0.2, -0.15) is 0 Å². The molecule has 16 N–H and O–H groups in total. The first kappa shape index (κ1) is 76.5. The molecule has 33 heteroatoms. The lowest BCUT2D eigenvalue weighted by Crippen LogP contribution is -2.66. The lowest BCUT2D eigenvalue weighted by Gasteiger charge is -2.39. The Morgan fingerprint density at radius 2 is 1.14 bits per heavy atom. The molecular weight excluding hydrogens is 1200 g/mol. The molecule has 0 aromatic carbocycles. The molecule has 3 aliphatic heterocycles. The Morgan fingerprint density at radius 3 is 1.70 bits per heavy atom. The fourth-order valence-electron chi connectivity index (χ4n) is 10.4. The maximum Gasteiger partial charge on any atom is 0.308 e. The summed E-state index contributed by atoms with van der Waals surface area (Å²) >= 11 is 0. The fourth-order valence-corrected chi connectivity index (χ4v) is 10.4. The average Bonchev–Trinajstić information content (AvgIpc) is 1.82. The first-order valence-corrected chi connectivity index (χ1v) is 30.6. The number of hydrogen-bond acceptors (Lipinski definition) is 17. The minimum atomic E-state index is -2.15. The number of carboxylic acid groups (broad SMARTS) is 4. The second-order valence-electron chi connectivity index (χ2n) is 23.6. The van der Waals surface area contributed by atoms with Crippen molar-refractivity contribution < 1.29 is 97.1 Å². The standard InChI is InChI=1S/C58H91N13O20/c1-8-30(4)18-13-11-9-10-12-14-21-39(72)63-36(26-44(79)80)51(83)69-48-33(7)62-52(84)38-20-17-23-71(38)56(88)45(29(2)3)67-55(87)47(32(6)59)66-41(74)28-61-49(81)34(24-42(75)76)64-40(73)27-60-50(82)35(25-43(77)78)65-54(86)46(31(5)58(90)91)68-53(85)37-19-15-16-22-70(37)57(48)89/h12,14,29-38,45-48H,8-11,13,15-28,59H2,1-7H3,(H,60,82)(H,61,81)(H,62,84)(H,63,72)(H,64,73)(H,65,86)(H,66,74)(H,67,87)(H,68,85)(H,69,83)(H,75,76)(H,77,78)(H,79,80)(H,90,91)/b14-12-/t30?,31-,32+,33+,34-,35-,36-,37+,38-,45-,46-,47+,48-/m0/s1. The van der Waals surface area contributed by atoms with Crippen LogP contribution < -0.4 is 58.9 Å². The van der Waals surface area contributed by atoms with Crippen LogP contribution in [0.25, 0.3) is 0 Å². The van der Waals surface area contributed by atoms with E-state index in [1.54, 1.807) is 26.0 Å². The second-order valence-corrected chi connectivity index (χ2v) is 23.6. The van der Waals surface area contributed by atoms with E-state index in [1.165, 1.54) is 13.8 Å². The van der Waals surface area contributed by atoms with Crippen molar-refractivity contribution in [2.75, 3.05) is 26.2 Å². The van der Waals surface area contributed by atoms with Crippen molar-refractivity contribution in [1.29, 1.82) is 0 Å². The van der Waals surface area contributed by atoms with Gasteiger partial charge in [-0.25, -0.2) is 0 Å². The highest BCUT2D eigenvalue weighted by atomic mass is 16.4. The Balaban J connectivity index is 2.17. The number of allylic oxidation sites excluding steroid dienone is 1. The molecule has 508 valence electrons. The number of aliphatic carboxylic acids is 4. The van der Waals surface area contributed by atoms with Crippen molar-refractivity contribution in [2.24, 2.45) is 23.5 Å². The van der Waals surface area contributed by atoms with Crippen LogP contribution in [-0.2, 0) is 76.7 Å². The lowest BCUT2D eigenvalue weighted by atomic mass is 9.96. The van der Waals surface area contributed by atoms with Gasteiger partial charge in [0, 0.05) is 25.6 Å². The largest absolute Gasteiger partial charge is 0.481 e. The molecule has 0 aromatic heterocycles. The van der Waals surface area contributed by atoms with Crippen LogP contribution in [0.3, 0.4) is 0 Å². The predicted molar refractivity (Wildman–Crippen MR) is 320 cm³/mol. The molecule has 0 spiro atoms. The third-order valence-corrected chi connectivity index (χ3v) is 15.8. The maximum atomic E-state index is 15.2. The monoisotopic (exact) mass is 1290 g/mol. The van der Waals surface area contributed by atoms with E-state index in [1.807, 2.05) is 10.6 Å². The SMILES string of the molecule is CCC(C)CCCCC/C=C\CC(=O)N[C@@H](CC(=O)O)C(=O)N[C@@H]1C(=O)N2CCCC[C@@H]2C(=O)N[C@@H]([C@H](C)C(=O)O)C(=O)N[C@@H](CC(=O)O)C(=O)NCC(=O)N[C@@H](CC(=O)O)C(=O)NCC(=O)N[C@H]([C@@H](C)N)C(=O)N[C@@H](C(C)C)C(=O)N2CCC[C@H]2C(=O)N[C@@H]1C. The quantitative estimate of drug-likeness (QED) is 0.0371. The van der Waals surface area contributed by atoms with E-state index < -0.39 is 205 Å². The number of rotatable bonds is 22. The molecule has 3 saturated heterocycles. The van der Waals surface area contributed by atoms with Crippen LogP contribution in [0.2, 0.25) is 0 Å². The molecule has 0 saturated carbocycles. The molecule has 91 heavy (non-hydrogen) atoms. The van der Waals surface area contributed by atoms with Crippen LogP contribution in [-0.4, -0.2) is 218 Å². The van der Waals surface area contributed by atoms with Gasteiger partial charge in [-0.1, -0.05) is 65.5 Å². The summed E-state index contributed by atoms with van der Waals surface area (Å²) in [6.07, 6.45) is 5.96. The molecule has 33 nitrogen and oxygen atoms in total. The maximum absolute atomic E-state index is 15.2. The normalized spacial score (nSPS) is 25.6. The minimum absolute atomic E-state index is 0.0221. The van der Waals surface area contributed by atoms with Gasteiger partial charge in [-0.05, 0) is 77.6 Å². The lowest BCUT2D eigenvalue weighted by molar-refractivity contribution is -0.150. The van der Waals surface area contributed by atoms with E-state index in [4.69, 9.17) is 5.73 Å². The smallest absolute Gasteiger partial charge is 0.308 e. The van der Waals surface area contributed by atoms with Gasteiger partial charge < -0.3 is 89.1 Å². The van der Waals surface area contributed by atoms with E-state index in [2.05, 4.69) is 56.4 Å². The highest BCUT2D eigenvalue weighted by Crippen LogP contribution is 2.24. The Morgan fingerprint density at radius 1 is 0.604 bits per heavy atom. The number of carbonyl (C=O) groups is 16. The van der Waals surface area contributed by atoms with Crippen molar-refractivity contribution in [3.63, 3.8) is 0 Å². The zero-order chi connectivity index (χ0) is 68.4. The van der Waals surface area contributed by atoms with Gasteiger partial charge in [0.25, 0.3) is 0 Å². The number of carboxylic acids is 4. The molecule has 3 rings (SSSR count). The Kier molecular flexibility index (Phi) is 31.4. The average molecular weight is 1290 g/mol. The van der Waals surface area contributed by atoms with E-state index >= 15 is 4.79 Å². The molecule has 12 amide bonds. The fraction of sp³-hybridized carbons (Fsp3) is 0.690. The summed E-state index contributed by atoms with van der Waals surface area (Å²) in [6, 6.07) is -18.5. The van der Waals surface area contributed by atoms with Gasteiger partial charge in [0.05, 0.1) is 44.3 Å². The summed E-state index contributed by atoms with van der Waals surface area (Å²) < 4.78 is 0. The van der Waals surface area contributed by atoms with Crippen molar-refractivity contribution in [3.8, 4) is 0 Å². The number of hydrogen-bond donors (Lipinski definition) is 15. The van der Waals surface area contributed by atoms with Crippen molar-refractivity contribution in [1.82, 2.24) is 63.0 Å². The first-order chi connectivity index (χ1) is 42.8. The number of nitrogens with zero attached hydrogens (tertiary/aromatic N) is 2. The molecular formula is C58H91N13O20. The number of fused-ring (bicyclic) bond motifs is 2. The second kappa shape index (κ2) is 37.4. The van der Waals surface area contributed by atoms with E-state index in [0.29, 0.717) is 12.3 Å². The number of nitrogens with one attached hydrogen (secondary N) is 10. The van der Waals surface area contributed by atoms with Gasteiger partial charge >= 0.3 is 23.9 Å². The third kappa shape index (κ3) is 24.8. The Hall–Kier alpha value is -8.78. The van der Waals surface area contributed by atoms with Crippen LogP contribution in [0.5, 0.6) is 0 Å². The van der Waals surface area contributed by atoms with Crippen LogP contribution in [0.15, 0.2) is 12.2 Å². The number of unbranched alkanes of at least 4 members (excludes halogenated alkanes) is 3. The first-order valence-electron chi connectivity index (χ1n) is 30.6. The number of carbonyl (C=O) groups excluding carboxylic acids is 12. The molecule has 0 aliphatic carbocycles. The van der Waals surface area contributed by atoms with Crippen molar-refractivity contribution in [3.05, 3.63) is 12.2 Å². The van der Waals surface area contributed by atoms with Crippen molar-refractivity contribution >= 4 is 94.8 Å². The predicted octanol–water partition coefficient (Wildman–Crippen LogP) is -3.41. The summed E-state index contributed by atoms with van der Waals surface area (Å²) in [5, 5.41) is 62.2. The van der Waals surface area contributed by atoms with Crippen LogP contribution >= 0.6 is 0 Å². The van der Waals surface area contributed by atoms with Crippen molar-refractivity contribution in [2.45, 2.75) is 211 Å². The summed E-state index contributed by atoms with van der Waals surface area (Å²) in [4.78, 5) is 218. The van der Waals surface area contributed by atoms with Gasteiger partial charge in [0.1, 0.15) is 54.4 Å². The van der Waals surface area contributed by atoms with Gasteiger partial charge in [0.2, 0.25) is 70.9 Å². The van der Waals surface area contributed by atoms with Crippen LogP contribution in [0.1, 0.15) is 145 Å². The Bertz CT molecular complexity index is 2710. The van der Waals surface area contributed by atoms with E-state index in [9.17, 15) is 92.3 Å². The molecule has 3 fully saturated rings. The van der Waals surface area contributed by atoms with Gasteiger partial charge in [-0.3, -0.25) is 76.7 Å². The Labute approximate surface area is 526 Å². The van der Waals surface area contributed by atoms with Gasteiger partial charge in [0.15, 0.2) is 0 Å². The zero-order valence-corrected chi connectivity index (χ0v) is 52.5. The highest BCUT2D eigenvalue weighted by Gasteiger charge is 2.45. The number of piperidine rings is 1. The van der Waals surface area contributed by atoms with E-state index in [0.717, 1.165) is 48.8 Å². The minimum Gasteiger partial charge on any atom is -0.481 e. The van der Waals surface area contributed by atoms with Gasteiger partial charge in [-0.15, -0.1) is 0 Å². The molecule has 3 aliphatic rings. The molecule has 0 radical (unpaired) electrons. The molecule has 13 atom stereocenters. The topological polar surface area (TPSA) is 507 Å². The highest BCUT2D eigenvalue weighted by molar-refractivity contribution is 6.01. The number of nitrogens with two attached hydrogens (primary N) is 1. The summed E-state index contributed by atoms with van der Waals surface area (Å²) in [7, 11) is 0. The summed E-state index contributed by atoms with van der Waals surface area (Å²) in [6.45, 7) is 8.66.